The number of ether oxygens (including phenoxy) is 2. The van der Waals surface area contributed by atoms with Crippen molar-refractivity contribution in [3.63, 3.8) is 0 Å². The van der Waals surface area contributed by atoms with Crippen molar-refractivity contribution in [1.82, 2.24) is 19.4 Å². The van der Waals surface area contributed by atoms with Gasteiger partial charge in [0.2, 0.25) is 10.0 Å². The number of carbonyl (C=O) groups excluding carboxylic acids is 2. The van der Waals surface area contributed by atoms with E-state index in [9.17, 15) is 18.0 Å². The van der Waals surface area contributed by atoms with E-state index in [0.717, 1.165) is 19.3 Å². The molecular weight excluding hydrogens is 460 g/mol. The van der Waals surface area contributed by atoms with Gasteiger partial charge in [0.15, 0.2) is 11.5 Å². The molecule has 2 saturated heterocycles. The SMILES string of the molecule is CC1CCC2(CC1)NC(=O)N(CN1CCN(S(=O)(=O)c3ccc4c(c3)OCCCO4)CC1)C2=O. The molecule has 11 heteroatoms. The Balaban J connectivity index is 1.21. The predicted molar refractivity (Wildman–Crippen MR) is 123 cm³/mol. The first-order valence-electron chi connectivity index (χ1n) is 12.0. The number of hydrogen-bond acceptors (Lipinski definition) is 7. The molecule has 186 valence electrons. The Morgan fingerprint density at radius 2 is 1.71 bits per heavy atom. The summed E-state index contributed by atoms with van der Waals surface area (Å²) in [6.07, 6.45) is 3.95. The Kier molecular flexibility index (Phi) is 6.19. The number of sulfonamides is 1. The largest absolute Gasteiger partial charge is 0.490 e. The number of rotatable bonds is 4. The first-order chi connectivity index (χ1) is 16.3. The monoisotopic (exact) mass is 492 g/mol. The van der Waals surface area contributed by atoms with Gasteiger partial charge in [-0.15, -0.1) is 0 Å². The van der Waals surface area contributed by atoms with Crippen LogP contribution in [0.3, 0.4) is 0 Å². The lowest BCUT2D eigenvalue weighted by atomic mass is 9.77. The van der Waals surface area contributed by atoms with E-state index in [1.807, 2.05) is 4.90 Å². The lowest BCUT2D eigenvalue weighted by molar-refractivity contribution is -0.134. The van der Waals surface area contributed by atoms with Crippen molar-refractivity contribution in [2.45, 2.75) is 49.5 Å². The zero-order chi connectivity index (χ0) is 23.9. The van der Waals surface area contributed by atoms with Crippen LogP contribution >= 0.6 is 0 Å². The number of imide groups is 1. The number of urea groups is 1. The average Bonchev–Trinajstić information content (AvgIpc) is 2.99. The van der Waals surface area contributed by atoms with Gasteiger partial charge >= 0.3 is 6.03 Å². The van der Waals surface area contributed by atoms with Crippen molar-refractivity contribution in [1.29, 1.82) is 0 Å². The molecule has 3 aliphatic heterocycles. The molecule has 0 radical (unpaired) electrons. The second-order valence-corrected chi connectivity index (χ2v) is 11.7. The quantitative estimate of drug-likeness (QED) is 0.636. The van der Waals surface area contributed by atoms with Crippen LogP contribution in [-0.4, -0.2) is 86.1 Å². The first-order valence-corrected chi connectivity index (χ1v) is 13.5. The highest BCUT2D eigenvalue weighted by Gasteiger charge is 2.52. The molecule has 34 heavy (non-hydrogen) atoms. The molecule has 1 N–H and O–H groups in total. The van der Waals surface area contributed by atoms with Crippen LogP contribution in [0.15, 0.2) is 23.1 Å². The maximum atomic E-state index is 13.2. The Morgan fingerprint density at radius 1 is 1.03 bits per heavy atom. The van der Waals surface area contributed by atoms with Crippen LogP contribution in [-0.2, 0) is 14.8 Å². The van der Waals surface area contributed by atoms with Gasteiger partial charge in [-0.2, -0.15) is 4.31 Å². The third kappa shape index (κ3) is 4.25. The van der Waals surface area contributed by atoms with Gasteiger partial charge in [0.05, 0.1) is 24.8 Å². The van der Waals surface area contributed by atoms with Crippen LogP contribution in [0, 0.1) is 5.92 Å². The molecule has 3 heterocycles. The van der Waals surface area contributed by atoms with Crippen molar-refractivity contribution in [3.8, 4) is 11.5 Å². The molecule has 4 aliphatic rings. The second-order valence-electron chi connectivity index (χ2n) is 9.75. The zero-order valence-electron chi connectivity index (χ0n) is 19.5. The number of hydrogen-bond donors (Lipinski definition) is 1. The Bertz CT molecular complexity index is 1060. The summed E-state index contributed by atoms with van der Waals surface area (Å²) in [7, 11) is -3.70. The minimum Gasteiger partial charge on any atom is -0.490 e. The molecule has 5 rings (SSSR count). The van der Waals surface area contributed by atoms with Gasteiger partial charge < -0.3 is 14.8 Å². The number of fused-ring (bicyclic) bond motifs is 1. The van der Waals surface area contributed by atoms with Gasteiger partial charge in [0, 0.05) is 38.7 Å². The number of amides is 3. The highest BCUT2D eigenvalue weighted by Crippen LogP contribution is 2.36. The van der Waals surface area contributed by atoms with Crippen LogP contribution in [0.2, 0.25) is 0 Å². The number of benzene rings is 1. The predicted octanol–water partition coefficient (Wildman–Crippen LogP) is 1.61. The summed E-state index contributed by atoms with van der Waals surface area (Å²) in [4.78, 5) is 29.1. The molecule has 3 fully saturated rings. The Morgan fingerprint density at radius 3 is 2.41 bits per heavy atom. The van der Waals surface area contributed by atoms with Gasteiger partial charge in [0.1, 0.15) is 5.54 Å². The van der Waals surface area contributed by atoms with E-state index in [1.54, 1.807) is 12.1 Å². The van der Waals surface area contributed by atoms with Crippen molar-refractivity contribution in [2.75, 3.05) is 46.1 Å². The van der Waals surface area contributed by atoms with E-state index < -0.39 is 15.6 Å². The number of piperazine rings is 1. The lowest BCUT2D eigenvalue weighted by Gasteiger charge is -2.36. The van der Waals surface area contributed by atoms with Gasteiger partial charge in [-0.05, 0) is 43.7 Å². The minimum absolute atomic E-state index is 0.147. The van der Waals surface area contributed by atoms with Crippen LogP contribution in [0.1, 0.15) is 39.0 Å². The average molecular weight is 493 g/mol. The summed E-state index contributed by atoms with van der Waals surface area (Å²) in [6.45, 7) is 4.81. The molecule has 1 aliphatic carbocycles. The van der Waals surface area contributed by atoms with Crippen molar-refractivity contribution < 1.29 is 27.5 Å². The molecule has 0 aromatic heterocycles. The van der Waals surface area contributed by atoms with Crippen LogP contribution in [0.25, 0.3) is 0 Å². The fraction of sp³-hybridized carbons (Fsp3) is 0.652. The van der Waals surface area contributed by atoms with Crippen molar-refractivity contribution >= 4 is 22.0 Å². The summed E-state index contributed by atoms with van der Waals surface area (Å²) in [5.41, 5.74) is -0.758. The number of nitrogens with zero attached hydrogens (tertiary/aromatic N) is 3. The standard InChI is InChI=1S/C23H32N4O6S/c1-17-5-7-23(8-6-17)21(28)27(22(29)24-23)16-25-9-11-26(12-10-25)34(30,31)18-3-4-19-20(15-18)33-14-2-13-32-19/h3-4,15,17H,2,5-14,16H2,1H3,(H,24,29). The summed E-state index contributed by atoms with van der Waals surface area (Å²) < 4.78 is 39.1. The molecule has 1 aromatic rings. The van der Waals surface area contributed by atoms with E-state index in [2.05, 4.69) is 12.2 Å². The highest BCUT2D eigenvalue weighted by molar-refractivity contribution is 7.89. The van der Waals surface area contributed by atoms with Crippen molar-refractivity contribution in [3.05, 3.63) is 18.2 Å². The van der Waals surface area contributed by atoms with Gasteiger partial charge in [-0.3, -0.25) is 9.69 Å². The normalized spacial score (nSPS) is 28.7. The molecule has 1 spiro atoms. The Hall–Kier alpha value is -2.37. The second kappa shape index (κ2) is 9.01. The van der Waals surface area contributed by atoms with E-state index in [4.69, 9.17) is 9.47 Å². The molecule has 0 unspecified atom stereocenters. The maximum absolute atomic E-state index is 13.2. The molecule has 1 aromatic carbocycles. The summed E-state index contributed by atoms with van der Waals surface area (Å²) in [6, 6.07) is 4.37. The smallest absolute Gasteiger partial charge is 0.326 e. The molecule has 0 atom stereocenters. The van der Waals surface area contributed by atoms with E-state index in [-0.39, 0.29) is 36.6 Å². The van der Waals surface area contributed by atoms with Crippen LogP contribution in [0.5, 0.6) is 11.5 Å². The van der Waals surface area contributed by atoms with Gasteiger partial charge in [-0.25, -0.2) is 18.1 Å². The van der Waals surface area contributed by atoms with Gasteiger partial charge in [0.25, 0.3) is 5.91 Å². The fourth-order valence-electron chi connectivity index (χ4n) is 5.16. The molecule has 0 bridgehead atoms. The molecule has 1 saturated carbocycles. The lowest BCUT2D eigenvalue weighted by Crippen LogP contribution is -2.53. The zero-order valence-corrected chi connectivity index (χ0v) is 20.3. The number of nitrogens with one attached hydrogen (secondary N) is 1. The molecule has 3 amide bonds. The summed E-state index contributed by atoms with van der Waals surface area (Å²) in [5, 5.41) is 2.95. The first kappa shape index (κ1) is 23.4. The number of carbonyl (C=O) groups is 2. The van der Waals surface area contributed by atoms with E-state index >= 15 is 0 Å². The minimum atomic E-state index is -3.70. The maximum Gasteiger partial charge on any atom is 0.326 e. The van der Waals surface area contributed by atoms with Crippen molar-refractivity contribution in [2.24, 2.45) is 5.92 Å². The highest BCUT2D eigenvalue weighted by atomic mass is 32.2. The molecular formula is C23H32N4O6S. The van der Waals surface area contributed by atoms with Crippen LogP contribution in [0.4, 0.5) is 4.79 Å². The fourth-order valence-corrected chi connectivity index (χ4v) is 6.60. The Labute approximate surface area is 200 Å². The summed E-state index contributed by atoms with van der Waals surface area (Å²) in [5.74, 6) is 1.42. The summed E-state index contributed by atoms with van der Waals surface area (Å²) >= 11 is 0. The van der Waals surface area contributed by atoms with E-state index in [0.29, 0.717) is 56.6 Å². The third-order valence-corrected chi connectivity index (χ3v) is 9.30. The topological polar surface area (TPSA) is 108 Å². The van der Waals surface area contributed by atoms with Crippen LogP contribution < -0.4 is 14.8 Å². The van der Waals surface area contributed by atoms with Gasteiger partial charge in [-0.1, -0.05) is 6.92 Å². The third-order valence-electron chi connectivity index (χ3n) is 7.40. The van der Waals surface area contributed by atoms with E-state index in [1.165, 1.54) is 15.3 Å². The molecule has 10 nitrogen and oxygen atoms in total.